The molecule has 4 aromatic rings. The summed E-state index contributed by atoms with van der Waals surface area (Å²) in [6.45, 7) is 0.850. The molecule has 0 atom stereocenters. The van der Waals surface area contributed by atoms with Gasteiger partial charge in [0.05, 0.1) is 18.9 Å². The molecule has 0 amide bonds. The first kappa shape index (κ1) is 23.7. The number of hydrogen-bond donors (Lipinski definition) is 0. The average molecular weight is 472 g/mol. The molecule has 0 aromatic heterocycles. The van der Waals surface area contributed by atoms with Crippen molar-refractivity contribution in [3.63, 3.8) is 0 Å². The number of benzene rings is 4. The van der Waals surface area contributed by atoms with Crippen molar-refractivity contribution in [3.05, 3.63) is 156 Å². The largest absolute Gasteiger partial charge is 0.341 e. The third-order valence-electron chi connectivity index (χ3n) is 6.21. The Morgan fingerprint density at radius 1 is 0.611 bits per heavy atom. The van der Waals surface area contributed by atoms with Gasteiger partial charge in [0.2, 0.25) is 5.79 Å². The van der Waals surface area contributed by atoms with Crippen LogP contribution in [0.25, 0.3) is 5.57 Å². The van der Waals surface area contributed by atoms with Gasteiger partial charge in [-0.2, -0.15) is 0 Å². The number of ether oxygens (including phenoxy) is 2. The Balaban J connectivity index is 1.52. The van der Waals surface area contributed by atoms with Crippen molar-refractivity contribution in [1.82, 2.24) is 0 Å². The minimum Gasteiger partial charge on any atom is -0.341 e. The predicted molar refractivity (Wildman–Crippen MR) is 147 cm³/mol. The fourth-order valence-electron chi connectivity index (χ4n) is 4.24. The average Bonchev–Trinajstić information content (AvgIpc) is 2.96. The molecular weight excluding hydrogens is 442 g/mol. The molecule has 1 aliphatic carbocycles. The molecule has 0 bridgehead atoms. The zero-order valence-corrected chi connectivity index (χ0v) is 20.2. The maximum absolute atomic E-state index is 6.71. The van der Waals surface area contributed by atoms with Gasteiger partial charge in [-0.25, -0.2) is 0 Å². The van der Waals surface area contributed by atoms with Crippen molar-refractivity contribution < 1.29 is 9.47 Å². The Morgan fingerprint density at radius 3 is 1.67 bits per heavy atom. The van der Waals surface area contributed by atoms with Crippen LogP contribution in [0.15, 0.2) is 144 Å². The standard InChI is InChI=1S/C33H29NO2/c1-5-13-27(14-6-1)25-35-33(36-26-28-15-7-2-8-16-28)23-30(29-17-9-3-10-18-29)21-22-31(33)24-34-32-19-11-4-12-20-32/h1-22,24H,23,25-26H2. The number of rotatable bonds is 9. The van der Waals surface area contributed by atoms with Gasteiger partial charge in [0.15, 0.2) is 0 Å². The molecule has 1 aliphatic rings. The Labute approximate surface area is 213 Å². The molecule has 0 aliphatic heterocycles. The summed E-state index contributed by atoms with van der Waals surface area (Å²) in [6.07, 6.45) is 6.68. The highest BCUT2D eigenvalue weighted by Gasteiger charge is 2.39. The Kier molecular flexibility index (Phi) is 7.62. The third-order valence-corrected chi connectivity index (χ3v) is 6.21. The molecule has 3 heteroatoms. The summed E-state index contributed by atoms with van der Waals surface area (Å²) in [4.78, 5) is 4.75. The van der Waals surface area contributed by atoms with Gasteiger partial charge >= 0.3 is 0 Å². The number of hydrogen-bond acceptors (Lipinski definition) is 3. The second kappa shape index (κ2) is 11.6. The monoisotopic (exact) mass is 471 g/mol. The number of para-hydroxylation sites is 1. The maximum atomic E-state index is 6.71. The van der Waals surface area contributed by atoms with E-state index >= 15 is 0 Å². The van der Waals surface area contributed by atoms with Crippen LogP contribution in [0.1, 0.15) is 23.1 Å². The van der Waals surface area contributed by atoms with E-state index in [1.807, 2.05) is 79.0 Å². The zero-order chi connectivity index (χ0) is 24.5. The van der Waals surface area contributed by atoms with Gasteiger partial charge in [0.25, 0.3) is 0 Å². The summed E-state index contributed by atoms with van der Waals surface area (Å²) < 4.78 is 13.4. The van der Waals surface area contributed by atoms with Crippen LogP contribution >= 0.6 is 0 Å². The highest BCUT2D eigenvalue weighted by Crippen LogP contribution is 2.39. The highest BCUT2D eigenvalue weighted by molar-refractivity contribution is 5.87. The fraction of sp³-hybridized carbons (Fsp3) is 0.121. The van der Waals surface area contributed by atoms with E-state index in [0.29, 0.717) is 19.6 Å². The molecule has 0 radical (unpaired) electrons. The van der Waals surface area contributed by atoms with Crippen LogP contribution in [0.3, 0.4) is 0 Å². The minimum atomic E-state index is -0.996. The number of aliphatic imine (C=N–C) groups is 1. The first-order valence-corrected chi connectivity index (χ1v) is 12.2. The highest BCUT2D eigenvalue weighted by atomic mass is 16.7. The Bertz CT molecular complexity index is 1280. The van der Waals surface area contributed by atoms with Gasteiger partial charge < -0.3 is 9.47 Å². The lowest BCUT2D eigenvalue weighted by atomic mass is 9.88. The zero-order valence-electron chi connectivity index (χ0n) is 20.2. The van der Waals surface area contributed by atoms with Crippen LogP contribution in [-0.4, -0.2) is 12.0 Å². The molecule has 0 heterocycles. The van der Waals surface area contributed by atoms with E-state index < -0.39 is 5.79 Å². The summed E-state index contributed by atoms with van der Waals surface area (Å²) in [5.74, 6) is -0.996. The Hall–Kier alpha value is -4.05. The van der Waals surface area contributed by atoms with Gasteiger partial charge in [-0.1, -0.05) is 121 Å². The minimum absolute atomic E-state index is 0.425. The van der Waals surface area contributed by atoms with Crippen molar-refractivity contribution >= 4 is 17.5 Å². The molecule has 0 spiro atoms. The smallest absolute Gasteiger partial charge is 0.201 e. The summed E-state index contributed by atoms with van der Waals surface area (Å²) in [5, 5.41) is 0. The predicted octanol–water partition coefficient (Wildman–Crippen LogP) is 7.93. The molecule has 5 rings (SSSR count). The van der Waals surface area contributed by atoms with Crippen LogP contribution in [-0.2, 0) is 22.7 Å². The topological polar surface area (TPSA) is 30.8 Å². The van der Waals surface area contributed by atoms with Crippen molar-refractivity contribution in [3.8, 4) is 0 Å². The van der Waals surface area contributed by atoms with Crippen molar-refractivity contribution in [2.45, 2.75) is 25.4 Å². The van der Waals surface area contributed by atoms with E-state index in [-0.39, 0.29) is 0 Å². The second-order valence-corrected chi connectivity index (χ2v) is 8.75. The molecule has 178 valence electrons. The lowest BCUT2D eigenvalue weighted by molar-refractivity contribution is -0.218. The van der Waals surface area contributed by atoms with Crippen LogP contribution in [0.5, 0.6) is 0 Å². The quantitative estimate of drug-likeness (QED) is 0.183. The van der Waals surface area contributed by atoms with Gasteiger partial charge in [-0.3, -0.25) is 4.99 Å². The van der Waals surface area contributed by atoms with E-state index in [4.69, 9.17) is 14.5 Å². The summed E-state index contributed by atoms with van der Waals surface area (Å²) >= 11 is 0. The summed E-state index contributed by atoms with van der Waals surface area (Å²) in [6, 6.07) is 40.8. The summed E-state index contributed by atoms with van der Waals surface area (Å²) in [7, 11) is 0. The van der Waals surface area contributed by atoms with Crippen LogP contribution in [0.4, 0.5) is 5.69 Å². The number of allylic oxidation sites excluding steroid dienone is 2. The van der Waals surface area contributed by atoms with E-state index in [1.54, 1.807) is 0 Å². The molecule has 3 nitrogen and oxygen atoms in total. The van der Waals surface area contributed by atoms with E-state index in [9.17, 15) is 0 Å². The van der Waals surface area contributed by atoms with Gasteiger partial charge in [0.1, 0.15) is 0 Å². The normalized spacial score (nSPS) is 14.9. The van der Waals surface area contributed by atoms with E-state index in [0.717, 1.165) is 33.5 Å². The molecule has 0 unspecified atom stereocenters. The first-order valence-electron chi connectivity index (χ1n) is 12.2. The van der Waals surface area contributed by atoms with Crippen molar-refractivity contribution in [2.24, 2.45) is 4.99 Å². The molecule has 0 N–H and O–H groups in total. The SMILES string of the molecule is C(=Nc1ccccc1)C1=CC=C(c2ccccc2)CC1(OCc1ccccc1)OCc1ccccc1. The summed E-state index contributed by atoms with van der Waals surface area (Å²) in [5.41, 5.74) is 6.28. The third kappa shape index (κ3) is 5.95. The van der Waals surface area contributed by atoms with E-state index in [2.05, 4.69) is 60.7 Å². The number of nitrogens with zero attached hydrogens (tertiary/aromatic N) is 1. The van der Waals surface area contributed by atoms with Crippen LogP contribution < -0.4 is 0 Å². The second-order valence-electron chi connectivity index (χ2n) is 8.75. The van der Waals surface area contributed by atoms with Gasteiger partial charge in [0, 0.05) is 18.2 Å². The lowest BCUT2D eigenvalue weighted by Crippen LogP contribution is -2.40. The first-order chi connectivity index (χ1) is 17.8. The molecule has 0 saturated carbocycles. The molecule has 36 heavy (non-hydrogen) atoms. The van der Waals surface area contributed by atoms with Crippen LogP contribution in [0.2, 0.25) is 0 Å². The van der Waals surface area contributed by atoms with Gasteiger partial charge in [-0.05, 0) is 34.4 Å². The van der Waals surface area contributed by atoms with Crippen molar-refractivity contribution in [1.29, 1.82) is 0 Å². The van der Waals surface area contributed by atoms with Gasteiger partial charge in [-0.15, -0.1) is 0 Å². The molecule has 0 saturated heterocycles. The molecule has 4 aromatic carbocycles. The maximum Gasteiger partial charge on any atom is 0.201 e. The Morgan fingerprint density at radius 2 is 1.11 bits per heavy atom. The van der Waals surface area contributed by atoms with E-state index in [1.165, 1.54) is 0 Å². The molecular formula is C33H29NO2. The van der Waals surface area contributed by atoms with Crippen molar-refractivity contribution in [2.75, 3.05) is 0 Å². The van der Waals surface area contributed by atoms with Crippen LogP contribution in [0, 0.1) is 0 Å². The molecule has 0 fully saturated rings. The lowest BCUT2D eigenvalue weighted by Gasteiger charge is -2.37. The fourth-order valence-corrected chi connectivity index (χ4v) is 4.24.